The number of nitrogens with zero attached hydrogens (tertiary/aromatic N) is 1. The van der Waals surface area contributed by atoms with Crippen LogP contribution in [-0.2, 0) is 24.1 Å². The molecule has 200 valence electrons. The molecule has 2 atom stereocenters. The minimum Gasteiger partial charge on any atom is -0.326 e. The number of nitrogens with one attached hydrogen (secondary N) is 1. The lowest BCUT2D eigenvalue weighted by molar-refractivity contribution is -0.140. The molecule has 3 aromatic carbocycles. The number of likely N-dealkylation sites (tertiary alicyclic amines) is 1. The van der Waals surface area contributed by atoms with Gasteiger partial charge in [0.15, 0.2) is 0 Å². The third-order valence-electron chi connectivity index (χ3n) is 8.42. The van der Waals surface area contributed by atoms with Gasteiger partial charge in [-0.1, -0.05) is 70.9 Å². The van der Waals surface area contributed by atoms with Crippen molar-refractivity contribution in [2.75, 3.05) is 11.9 Å². The fourth-order valence-electron chi connectivity index (χ4n) is 6.66. The molecule has 8 heteroatoms. The fraction of sp³-hybridized carbons (Fsp3) is 0.323. The molecule has 39 heavy (non-hydrogen) atoms. The Morgan fingerprint density at radius 2 is 1.36 bits per heavy atom. The summed E-state index contributed by atoms with van der Waals surface area (Å²) < 4.78 is 0.963. The topological polar surface area (TPSA) is 66.5 Å². The van der Waals surface area contributed by atoms with E-state index in [1.165, 1.54) is 4.90 Å². The van der Waals surface area contributed by atoms with Crippen LogP contribution in [0.15, 0.2) is 71.2 Å². The van der Waals surface area contributed by atoms with Gasteiger partial charge in [0, 0.05) is 23.1 Å². The number of amides is 3. The molecule has 4 aliphatic rings. The van der Waals surface area contributed by atoms with Crippen LogP contribution in [0.25, 0.3) is 0 Å². The smallest absolute Gasteiger partial charge is 0.235 e. The maximum atomic E-state index is 13.8. The van der Waals surface area contributed by atoms with Crippen LogP contribution >= 0.6 is 39.1 Å². The Labute approximate surface area is 246 Å². The zero-order chi connectivity index (χ0) is 27.5. The Kier molecular flexibility index (Phi) is 6.64. The molecule has 1 aliphatic heterocycles. The molecule has 0 spiro atoms. The Morgan fingerprint density at radius 1 is 0.846 bits per heavy atom. The van der Waals surface area contributed by atoms with E-state index in [9.17, 15) is 14.4 Å². The predicted molar refractivity (Wildman–Crippen MR) is 156 cm³/mol. The quantitative estimate of drug-likeness (QED) is 0.177. The number of unbranched alkanes of at least 4 members (excludes halogenated alkanes) is 2. The van der Waals surface area contributed by atoms with E-state index in [-0.39, 0.29) is 24.3 Å². The molecule has 1 N–H and O–H groups in total. The lowest BCUT2D eigenvalue weighted by Crippen LogP contribution is -2.57. The molecule has 0 radical (unpaired) electrons. The standard InChI is InChI=1S/C31H27BrCl2N2O3/c1-18-17-19(32)14-15-24(18)35-25(37)13-3-2-8-16-36-28(38)26-27(29(36)39)31(34)21-10-5-4-9-20(21)30(26,33)22-11-6-7-12-23(22)31/h4-7,9-12,14-15,17,26-27H,2-3,8,13,16H2,1H3,(H,35,37)/t26-,27-,30?,31?/m1/s1. The van der Waals surface area contributed by atoms with Crippen molar-refractivity contribution in [3.63, 3.8) is 0 Å². The highest BCUT2D eigenvalue weighted by Crippen LogP contribution is 2.69. The third kappa shape index (κ3) is 3.90. The van der Waals surface area contributed by atoms with Gasteiger partial charge in [-0.15, -0.1) is 23.2 Å². The molecule has 1 saturated heterocycles. The number of hydrogen-bond donors (Lipinski definition) is 1. The molecule has 1 heterocycles. The number of imide groups is 1. The van der Waals surface area contributed by atoms with Crippen molar-refractivity contribution in [2.45, 2.75) is 42.4 Å². The van der Waals surface area contributed by atoms with Crippen molar-refractivity contribution < 1.29 is 14.4 Å². The summed E-state index contributed by atoms with van der Waals surface area (Å²) in [6.45, 7) is 2.23. The Bertz CT molecular complexity index is 1400. The zero-order valence-electron chi connectivity index (χ0n) is 21.3. The summed E-state index contributed by atoms with van der Waals surface area (Å²) in [5.74, 6) is -2.13. The Balaban J connectivity index is 1.15. The first kappa shape index (κ1) is 26.5. The number of carbonyl (C=O) groups excluding carboxylic acids is 3. The maximum absolute atomic E-state index is 13.8. The van der Waals surface area contributed by atoms with Crippen molar-refractivity contribution in [3.8, 4) is 0 Å². The van der Waals surface area contributed by atoms with Gasteiger partial charge in [-0.2, -0.15) is 0 Å². The summed E-state index contributed by atoms with van der Waals surface area (Å²) >= 11 is 18.3. The number of aryl methyl sites for hydroxylation is 1. The number of rotatable bonds is 7. The van der Waals surface area contributed by atoms with Gasteiger partial charge in [0.05, 0.1) is 11.8 Å². The van der Waals surface area contributed by atoms with Gasteiger partial charge in [0.25, 0.3) is 0 Å². The maximum Gasteiger partial charge on any atom is 0.235 e. The molecular formula is C31H27BrCl2N2O3. The van der Waals surface area contributed by atoms with Gasteiger partial charge in [-0.3, -0.25) is 19.3 Å². The van der Waals surface area contributed by atoms with Crippen LogP contribution in [0.4, 0.5) is 5.69 Å². The summed E-state index contributed by atoms with van der Waals surface area (Å²) in [6, 6.07) is 21.0. The molecular weight excluding hydrogens is 599 g/mol. The largest absolute Gasteiger partial charge is 0.326 e. The second-order valence-electron chi connectivity index (χ2n) is 10.6. The molecule has 2 bridgehead atoms. The highest BCUT2D eigenvalue weighted by Gasteiger charge is 2.72. The summed E-state index contributed by atoms with van der Waals surface area (Å²) in [7, 11) is 0. The number of hydrogen-bond acceptors (Lipinski definition) is 3. The van der Waals surface area contributed by atoms with Gasteiger partial charge >= 0.3 is 0 Å². The van der Waals surface area contributed by atoms with E-state index < -0.39 is 21.6 Å². The predicted octanol–water partition coefficient (Wildman–Crippen LogP) is 6.85. The molecule has 3 aromatic rings. The third-order valence-corrected chi connectivity index (χ3v) is 10.2. The normalized spacial score (nSPS) is 26.3. The second-order valence-corrected chi connectivity index (χ2v) is 12.7. The van der Waals surface area contributed by atoms with E-state index in [2.05, 4.69) is 21.2 Å². The van der Waals surface area contributed by atoms with Gasteiger partial charge in [-0.25, -0.2) is 0 Å². The van der Waals surface area contributed by atoms with Crippen molar-refractivity contribution >= 4 is 62.5 Å². The van der Waals surface area contributed by atoms with Crippen LogP contribution in [0.5, 0.6) is 0 Å². The number of benzene rings is 3. The highest BCUT2D eigenvalue weighted by atomic mass is 79.9. The van der Waals surface area contributed by atoms with Crippen LogP contribution < -0.4 is 5.32 Å². The van der Waals surface area contributed by atoms with Crippen LogP contribution in [-0.4, -0.2) is 29.2 Å². The van der Waals surface area contributed by atoms with Gasteiger partial charge in [-0.05, 0) is 65.8 Å². The first-order valence-corrected chi connectivity index (χ1v) is 14.7. The molecule has 7 rings (SSSR count). The van der Waals surface area contributed by atoms with Gasteiger partial charge < -0.3 is 5.32 Å². The Morgan fingerprint density at radius 3 is 1.85 bits per heavy atom. The van der Waals surface area contributed by atoms with Gasteiger partial charge in [0.2, 0.25) is 17.7 Å². The van der Waals surface area contributed by atoms with E-state index in [4.69, 9.17) is 23.2 Å². The molecule has 0 aromatic heterocycles. The monoisotopic (exact) mass is 624 g/mol. The second kappa shape index (κ2) is 9.76. The first-order valence-electron chi connectivity index (χ1n) is 13.2. The summed E-state index contributed by atoms with van der Waals surface area (Å²) in [5, 5.41) is 2.95. The first-order chi connectivity index (χ1) is 18.7. The summed E-state index contributed by atoms with van der Waals surface area (Å²) in [4.78, 5) is 39.2. The minimum atomic E-state index is -1.15. The van der Waals surface area contributed by atoms with Crippen LogP contribution in [0.3, 0.4) is 0 Å². The molecule has 3 aliphatic carbocycles. The zero-order valence-corrected chi connectivity index (χ0v) is 24.4. The summed E-state index contributed by atoms with van der Waals surface area (Å²) in [6.07, 6.45) is 2.33. The number of halogens is 3. The minimum absolute atomic E-state index is 0.0555. The summed E-state index contributed by atoms with van der Waals surface area (Å²) in [5.41, 5.74) is 4.99. The van der Waals surface area contributed by atoms with Gasteiger partial charge in [0.1, 0.15) is 9.75 Å². The van der Waals surface area contributed by atoms with Crippen molar-refractivity contribution in [1.29, 1.82) is 0 Å². The van der Waals surface area contributed by atoms with Crippen LogP contribution in [0.1, 0.15) is 53.5 Å². The lowest BCUT2D eigenvalue weighted by Gasteiger charge is -2.54. The van der Waals surface area contributed by atoms with E-state index in [0.717, 1.165) is 38.0 Å². The fourth-order valence-corrected chi connectivity index (χ4v) is 8.23. The van der Waals surface area contributed by atoms with E-state index in [1.54, 1.807) is 0 Å². The molecule has 0 unspecified atom stereocenters. The van der Waals surface area contributed by atoms with Crippen molar-refractivity contribution in [3.05, 3.63) is 99.0 Å². The van der Waals surface area contributed by atoms with Crippen LogP contribution in [0, 0.1) is 18.8 Å². The van der Waals surface area contributed by atoms with Crippen molar-refractivity contribution in [2.24, 2.45) is 11.8 Å². The average molecular weight is 626 g/mol. The number of anilines is 1. The Hall–Kier alpha value is -2.67. The average Bonchev–Trinajstić information content (AvgIpc) is 3.19. The highest BCUT2D eigenvalue weighted by molar-refractivity contribution is 9.10. The molecule has 3 amide bonds. The molecule has 1 fully saturated rings. The number of alkyl halides is 2. The van der Waals surface area contributed by atoms with Crippen LogP contribution in [0.2, 0.25) is 0 Å². The number of carbonyl (C=O) groups is 3. The van der Waals surface area contributed by atoms with E-state index >= 15 is 0 Å². The molecule has 5 nitrogen and oxygen atoms in total. The SMILES string of the molecule is Cc1cc(Br)ccc1NC(=O)CCCCCN1C(=O)[C@H]2[C@H](C1=O)C1(Cl)c3ccccc3C2(Cl)c2ccccc21. The molecule has 0 saturated carbocycles. The lowest BCUT2D eigenvalue weighted by atomic mass is 9.54. The van der Waals surface area contributed by atoms with E-state index in [1.807, 2.05) is 73.7 Å². The van der Waals surface area contributed by atoms with Crippen molar-refractivity contribution in [1.82, 2.24) is 4.90 Å². The van der Waals surface area contributed by atoms with E-state index in [0.29, 0.717) is 25.7 Å².